The Morgan fingerprint density at radius 1 is 1.61 bits per heavy atom. The lowest BCUT2D eigenvalue weighted by molar-refractivity contribution is -0.0373. The first-order valence-electron chi connectivity index (χ1n) is 6.04. The van der Waals surface area contributed by atoms with E-state index in [0.717, 1.165) is 5.69 Å². The molecule has 98 valence electrons. The molecular formula is C13H17ClN2O2. The van der Waals surface area contributed by atoms with Gasteiger partial charge in [-0.05, 0) is 26.0 Å². The average molecular weight is 269 g/mol. The molecule has 1 aromatic heterocycles. The first kappa shape index (κ1) is 13.3. The van der Waals surface area contributed by atoms with Crippen molar-refractivity contribution in [1.29, 1.82) is 0 Å². The Kier molecular flexibility index (Phi) is 4.19. The highest BCUT2D eigenvalue weighted by molar-refractivity contribution is 6.18. The summed E-state index contributed by atoms with van der Waals surface area (Å²) in [5.74, 6) is 0.349. The molecular weight excluding hydrogens is 252 g/mol. The number of morpholine rings is 1. The van der Waals surface area contributed by atoms with Gasteiger partial charge in [0.1, 0.15) is 5.69 Å². The van der Waals surface area contributed by atoms with Gasteiger partial charge in [0.25, 0.3) is 5.91 Å². The number of halogens is 1. The van der Waals surface area contributed by atoms with Crippen molar-refractivity contribution in [3.8, 4) is 0 Å². The molecule has 0 N–H and O–H groups in total. The largest absolute Gasteiger partial charge is 0.373 e. The minimum absolute atomic E-state index is 0.0513. The van der Waals surface area contributed by atoms with Crippen LogP contribution in [-0.4, -0.2) is 47.0 Å². The van der Waals surface area contributed by atoms with Crippen LogP contribution >= 0.6 is 11.6 Å². The van der Waals surface area contributed by atoms with Crippen LogP contribution in [0.1, 0.15) is 23.1 Å². The SMILES string of the molecule is Cc1cccc(C(=O)N2CC(CCl)OCC2C)n1. The van der Waals surface area contributed by atoms with Gasteiger partial charge >= 0.3 is 0 Å². The molecule has 0 bridgehead atoms. The van der Waals surface area contributed by atoms with Crippen molar-refractivity contribution in [2.75, 3.05) is 19.0 Å². The number of amides is 1. The molecule has 0 saturated carbocycles. The second-order valence-corrected chi connectivity index (χ2v) is 4.89. The normalized spacial score (nSPS) is 24.1. The number of rotatable bonds is 2. The van der Waals surface area contributed by atoms with E-state index in [1.165, 1.54) is 0 Å². The molecule has 1 amide bonds. The summed E-state index contributed by atoms with van der Waals surface area (Å²) in [5, 5.41) is 0. The molecule has 1 saturated heterocycles. The van der Waals surface area contributed by atoms with Crippen molar-refractivity contribution in [3.05, 3.63) is 29.6 Å². The van der Waals surface area contributed by atoms with E-state index in [0.29, 0.717) is 24.7 Å². The zero-order valence-corrected chi connectivity index (χ0v) is 11.4. The summed E-state index contributed by atoms with van der Waals surface area (Å²) in [5.41, 5.74) is 1.33. The molecule has 0 aromatic carbocycles. The molecule has 1 aliphatic rings. The molecule has 2 unspecified atom stereocenters. The zero-order valence-electron chi connectivity index (χ0n) is 10.6. The van der Waals surface area contributed by atoms with E-state index in [1.807, 2.05) is 26.0 Å². The topological polar surface area (TPSA) is 42.4 Å². The third-order valence-electron chi connectivity index (χ3n) is 3.05. The lowest BCUT2D eigenvalue weighted by Crippen LogP contribution is -2.51. The molecule has 4 nitrogen and oxygen atoms in total. The number of pyridine rings is 1. The molecule has 18 heavy (non-hydrogen) atoms. The van der Waals surface area contributed by atoms with Crippen LogP contribution in [0.5, 0.6) is 0 Å². The zero-order chi connectivity index (χ0) is 13.1. The van der Waals surface area contributed by atoms with Gasteiger partial charge in [0.05, 0.1) is 24.6 Å². The number of nitrogens with zero attached hydrogens (tertiary/aromatic N) is 2. The summed E-state index contributed by atoms with van der Waals surface area (Å²) in [6.07, 6.45) is -0.0865. The molecule has 2 atom stereocenters. The lowest BCUT2D eigenvalue weighted by atomic mass is 10.2. The maximum atomic E-state index is 12.4. The molecule has 2 heterocycles. The summed E-state index contributed by atoms with van der Waals surface area (Å²) in [6.45, 7) is 4.90. The van der Waals surface area contributed by atoms with E-state index in [9.17, 15) is 4.79 Å². The van der Waals surface area contributed by atoms with E-state index in [4.69, 9.17) is 16.3 Å². The number of carbonyl (C=O) groups is 1. The summed E-state index contributed by atoms with van der Waals surface area (Å²) in [6, 6.07) is 5.52. The number of hydrogen-bond donors (Lipinski definition) is 0. The predicted octanol–water partition coefficient (Wildman–Crippen LogP) is 1.86. The Balaban J connectivity index is 2.16. The van der Waals surface area contributed by atoms with Gasteiger partial charge in [0.2, 0.25) is 0 Å². The van der Waals surface area contributed by atoms with E-state index in [1.54, 1.807) is 11.0 Å². The van der Waals surface area contributed by atoms with Gasteiger partial charge < -0.3 is 9.64 Å². The van der Waals surface area contributed by atoms with Crippen LogP contribution in [0, 0.1) is 6.92 Å². The van der Waals surface area contributed by atoms with Gasteiger partial charge in [-0.15, -0.1) is 11.6 Å². The van der Waals surface area contributed by atoms with Crippen LogP contribution in [0.25, 0.3) is 0 Å². The Bertz CT molecular complexity index is 439. The number of hydrogen-bond acceptors (Lipinski definition) is 3. The van der Waals surface area contributed by atoms with Gasteiger partial charge in [0.15, 0.2) is 0 Å². The van der Waals surface area contributed by atoms with Gasteiger partial charge in [0, 0.05) is 12.2 Å². The van der Waals surface area contributed by atoms with Gasteiger partial charge in [-0.3, -0.25) is 4.79 Å². The summed E-state index contributed by atoms with van der Waals surface area (Å²) < 4.78 is 5.53. The Morgan fingerprint density at radius 2 is 2.39 bits per heavy atom. The number of ether oxygens (including phenoxy) is 1. The van der Waals surface area contributed by atoms with Crippen molar-refractivity contribution in [1.82, 2.24) is 9.88 Å². The average Bonchev–Trinajstić information content (AvgIpc) is 2.38. The minimum atomic E-state index is -0.0865. The Labute approximate surface area is 112 Å². The van der Waals surface area contributed by atoms with Gasteiger partial charge in [-0.25, -0.2) is 4.98 Å². The van der Waals surface area contributed by atoms with E-state index in [-0.39, 0.29) is 18.1 Å². The van der Waals surface area contributed by atoms with Crippen LogP contribution in [0.2, 0.25) is 0 Å². The molecule has 1 fully saturated rings. The molecule has 1 aromatic rings. The quantitative estimate of drug-likeness (QED) is 0.769. The summed E-state index contributed by atoms with van der Waals surface area (Å²) in [7, 11) is 0. The minimum Gasteiger partial charge on any atom is -0.373 e. The second-order valence-electron chi connectivity index (χ2n) is 4.58. The van der Waals surface area contributed by atoms with Crippen molar-refractivity contribution in [2.45, 2.75) is 26.0 Å². The van der Waals surface area contributed by atoms with E-state index < -0.39 is 0 Å². The summed E-state index contributed by atoms with van der Waals surface area (Å²) in [4.78, 5) is 18.4. The summed E-state index contributed by atoms with van der Waals surface area (Å²) >= 11 is 5.79. The molecule has 0 aliphatic carbocycles. The highest BCUT2D eigenvalue weighted by Gasteiger charge is 2.30. The fourth-order valence-corrected chi connectivity index (χ4v) is 2.19. The second kappa shape index (κ2) is 5.67. The van der Waals surface area contributed by atoms with Crippen molar-refractivity contribution >= 4 is 17.5 Å². The molecule has 5 heteroatoms. The molecule has 1 aliphatic heterocycles. The highest BCUT2D eigenvalue weighted by atomic mass is 35.5. The number of alkyl halides is 1. The fraction of sp³-hybridized carbons (Fsp3) is 0.538. The third kappa shape index (κ3) is 2.82. The van der Waals surface area contributed by atoms with Crippen molar-refractivity contribution < 1.29 is 9.53 Å². The van der Waals surface area contributed by atoms with Gasteiger partial charge in [-0.1, -0.05) is 6.07 Å². The number of carbonyl (C=O) groups excluding carboxylic acids is 1. The lowest BCUT2D eigenvalue weighted by Gasteiger charge is -2.37. The van der Waals surface area contributed by atoms with E-state index in [2.05, 4.69) is 4.98 Å². The first-order valence-corrected chi connectivity index (χ1v) is 6.57. The van der Waals surface area contributed by atoms with Crippen LogP contribution in [0.3, 0.4) is 0 Å². The standard InChI is InChI=1S/C13H17ClN2O2/c1-9-4-3-5-12(15-9)13(17)16-7-11(6-14)18-8-10(16)2/h3-5,10-11H,6-8H2,1-2H3. The molecule has 2 rings (SSSR count). The van der Waals surface area contributed by atoms with Crippen molar-refractivity contribution in [3.63, 3.8) is 0 Å². The van der Waals surface area contributed by atoms with Crippen LogP contribution in [0.4, 0.5) is 0 Å². The molecule has 0 radical (unpaired) electrons. The fourth-order valence-electron chi connectivity index (χ4n) is 2.00. The van der Waals surface area contributed by atoms with Crippen molar-refractivity contribution in [2.24, 2.45) is 0 Å². The van der Waals surface area contributed by atoms with Crippen LogP contribution in [-0.2, 0) is 4.74 Å². The number of aryl methyl sites for hydroxylation is 1. The molecule has 0 spiro atoms. The maximum Gasteiger partial charge on any atom is 0.272 e. The Hall–Kier alpha value is -1.13. The monoisotopic (exact) mass is 268 g/mol. The predicted molar refractivity (Wildman–Crippen MR) is 69.9 cm³/mol. The van der Waals surface area contributed by atoms with E-state index >= 15 is 0 Å². The van der Waals surface area contributed by atoms with Crippen LogP contribution < -0.4 is 0 Å². The smallest absolute Gasteiger partial charge is 0.272 e. The number of aromatic nitrogens is 1. The Morgan fingerprint density at radius 3 is 3.06 bits per heavy atom. The van der Waals surface area contributed by atoms with Crippen LogP contribution in [0.15, 0.2) is 18.2 Å². The third-order valence-corrected chi connectivity index (χ3v) is 3.39. The maximum absolute atomic E-state index is 12.4. The van der Waals surface area contributed by atoms with Gasteiger partial charge in [-0.2, -0.15) is 0 Å². The highest BCUT2D eigenvalue weighted by Crippen LogP contribution is 2.15. The first-order chi connectivity index (χ1) is 8.61.